The maximum atomic E-state index is 11.0. The van der Waals surface area contributed by atoms with Crippen LogP contribution in [-0.4, -0.2) is 16.3 Å². The van der Waals surface area contributed by atoms with E-state index in [2.05, 4.69) is 19.9 Å². The van der Waals surface area contributed by atoms with E-state index < -0.39 is 0 Å². The van der Waals surface area contributed by atoms with E-state index in [0.29, 0.717) is 29.2 Å². The lowest BCUT2D eigenvalue weighted by molar-refractivity contribution is -0.0576. The van der Waals surface area contributed by atoms with Crippen LogP contribution >= 0.6 is 0 Å². The van der Waals surface area contributed by atoms with Gasteiger partial charge < -0.3 is 10.2 Å². The van der Waals surface area contributed by atoms with Gasteiger partial charge in [-0.15, -0.1) is 0 Å². The molecular formula is C21H25NO2. The number of hydrogen-bond donors (Lipinski definition) is 2. The first-order valence-corrected chi connectivity index (χ1v) is 9.34. The number of phenols is 1. The Labute approximate surface area is 143 Å². The predicted molar refractivity (Wildman–Crippen MR) is 90.4 cm³/mol. The minimum atomic E-state index is -0.156. The van der Waals surface area contributed by atoms with Gasteiger partial charge in [0.25, 0.3) is 0 Å². The van der Waals surface area contributed by atoms with E-state index in [1.54, 1.807) is 0 Å². The van der Waals surface area contributed by atoms with Crippen molar-refractivity contribution in [2.45, 2.75) is 58.0 Å². The Morgan fingerprint density at radius 2 is 2.00 bits per heavy atom. The second-order valence-electron chi connectivity index (χ2n) is 9.28. The molecule has 3 nitrogen and oxygen atoms in total. The van der Waals surface area contributed by atoms with Gasteiger partial charge in [0.2, 0.25) is 0 Å². The molecule has 126 valence electrons. The maximum Gasteiger partial charge on any atom is 0.133 e. The molecule has 4 unspecified atom stereocenters. The standard InChI is InChI=1S/C21H25NO2/c1-20-6-5-13-14(18(20)16-9-21(16,2)19(20)24)4-3-11-8-17(23)12(10-22)7-15(11)13/h7-8,13-14,16,18-19,23-24H,3-6,9H2,1-2H3/t13?,14?,16?,18?,19-,20+,21+/m1/s1. The Morgan fingerprint density at radius 3 is 2.75 bits per heavy atom. The van der Waals surface area contributed by atoms with Gasteiger partial charge in [0.1, 0.15) is 11.8 Å². The monoisotopic (exact) mass is 323 g/mol. The van der Waals surface area contributed by atoms with Crippen LogP contribution in [0, 0.1) is 39.9 Å². The van der Waals surface area contributed by atoms with E-state index >= 15 is 0 Å². The van der Waals surface area contributed by atoms with Crippen LogP contribution in [0.2, 0.25) is 0 Å². The summed E-state index contributed by atoms with van der Waals surface area (Å²) in [5, 5.41) is 30.3. The van der Waals surface area contributed by atoms with Gasteiger partial charge in [-0.3, -0.25) is 0 Å². The zero-order valence-electron chi connectivity index (χ0n) is 14.4. The van der Waals surface area contributed by atoms with E-state index in [4.69, 9.17) is 0 Å². The molecule has 1 aromatic carbocycles. The zero-order valence-corrected chi connectivity index (χ0v) is 14.4. The maximum absolute atomic E-state index is 11.0. The van der Waals surface area contributed by atoms with Gasteiger partial charge in [-0.25, -0.2) is 0 Å². The third-order valence-electron chi connectivity index (χ3n) is 8.29. The average Bonchev–Trinajstić information content (AvgIpc) is 3.20. The number of aliphatic hydroxyl groups excluding tert-OH is 1. The van der Waals surface area contributed by atoms with E-state index in [0.717, 1.165) is 25.7 Å². The molecule has 0 heterocycles. The fourth-order valence-electron chi connectivity index (χ4n) is 7.07. The summed E-state index contributed by atoms with van der Waals surface area (Å²) in [7, 11) is 0. The van der Waals surface area contributed by atoms with Crippen LogP contribution in [0.5, 0.6) is 5.75 Å². The molecule has 3 heteroatoms. The van der Waals surface area contributed by atoms with Gasteiger partial charge in [-0.1, -0.05) is 13.8 Å². The van der Waals surface area contributed by atoms with Crippen molar-refractivity contribution >= 4 is 0 Å². The molecule has 3 saturated carbocycles. The van der Waals surface area contributed by atoms with Crippen LogP contribution in [0.15, 0.2) is 12.1 Å². The number of fused-ring (bicyclic) bond motifs is 7. The molecule has 24 heavy (non-hydrogen) atoms. The molecule has 0 bridgehead atoms. The lowest BCUT2D eigenvalue weighted by Gasteiger charge is -2.51. The Morgan fingerprint density at radius 1 is 1.21 bits per heavy atom. The van der Waals surface area contributed by atoms with E-state index in [9.17, 15) is 15.5 Å². The Balaban J connectivity index is 1.58. The molecular weight excluding hydrogens is 298 g/mol. The number of nitrogens with zero attached hydrogens (tertiary/aromatic N) is 1. The minimum Gasteiger partial charge on any atom is -0.507 e. The van der Waals surface area contributed by atoms with E-state index in [1.165, 1.54) is 17.5 Å². The van der Waals surface area contributed by atoms with Crippen LogP contribution < -0.4 is 0 Å². The summed E-state index contributed by atoms with van der Waals surface area (Å²) in [5.41, 5.74) is 3.16. The van der Waals surface area contributed by atoms with Gasteiger partial charge in [-0.2, -0.15) is 5.26 Å². The predicted octanol–water partition coefficient (Wildman–Crippen LogP) is 3.73. The van der Waals surface area contributed by atoms with Gasteiger partial charge >= 0.3 is 0 Å². The Hall–Kier alpha value is -1.53. The molecule has 0 amide bonds. The molecule has 7 atom stereocenters. The molecule has 2 N–H and O–H groups in total. The van der Waals surface area contributed by atoms with Crippen molar-refractivity contribution in [1.82, 2.24) is 0 Å². The molecule has 1 aromatic rings. The molecule has 0 aromatic heterocycles. The van der Waals surface area contributed by atoms with Gasteiger partial charge in [0, 0.05) is 0 Å². The van der Waals surface area contributed by atoms with Crippen molar-refractivity contribution in [2.24, 2.45) is 28.6 Å². The number of aliphatic hydroxyl groups is 1. The molecule has 0 aliphatic heterocycles. The second-order valence-corrected chi connectivity index (χ2v) is 9.28. The highest BCUT2D eigenvalue weighted by atomic mass is 16.3. The fraction of sp³-hybridized carbons (Fsp3) is 0.667. The third kappa shape index (κ3) is 1.56. The summed E-state index contributed by atoms with van der Waals surface area (Å²) in [5.74, 6) is 2.54. The van der Waals surface area contributed by atoms with Crippen LogP contribution in [0.4, 0.5) is 0 Å². The van der Waals surface area contributed by atoms with Gasteiger partial charge in [0.05, 0.1) is 11.7 Å². The van der Waals surface area contributed by atoms with E-state index in [1.807, 2.05) is 12.1 Å². The van der Waals surface area contributed by atoms with Crippen molar-refractivity contribution in [1.29, 1.82) is 5.26 Å². The first-order valence-electron chi connectivity index (χ1n) is 9.34. The number of aryl methyl sites for hydroxylation is 1. The molecule has 0 spiro atoms. The van der Waals surface area contributed by atoms with Crippen molar-refractivity contribution < 1.29 is 10.2 Å². The highest BCUT2D eigenvalue weighted by Crippen LogP contribution is 2.77. The van der Waals surface area contributed by atoms with Crippen molar-refractivity contribution in [3.8, 4) is 11.8 Å². The lowest BCUT2D eigenvalue weighted by Crippen LogP contribution is -2.47. The summed E-state index contributed by atoms with van der Waals surface area (Å²) < 4.78 is 0. The van der Waals surface area contributed by atoms with Gasteiger partial charge in [0.15, 0.2) is 0 Å². The van der Waals surface area contributed by atoms with Crippen LogP contribution in [-0.2, 0) is 6.42 Å². The Bertz CT molecular complexity index is 781. The summed E-state index contributed by atoms with van der Waals surface area (Å²) in [6.45, 7) is 4.60. The summed E-state index contributed by atoms with van der Waals surface area (Å²) in [6.07, 6.45) is 5.35. The largest absolute Gasteiger partial charge is 0.507 e. The quantitative estimate of drug-likeness (QED) is 0.764. The number of rotatable bonds is 0. The SMILES string of the molecule is C[C@]12CC1C1C3CCc4cc(O)c(C#N)cc4C3CC[C@]1(C)[C@H]2O. The number of hydrogen-bond acceptors (Lipinski definition) is 3. The molecule has 3 fully saturated rings. The summed E-state index contributed by atoms with van der Waals surface area (Å²) in [6, 6.07) is 5.90. The van der Waals surface area contributed by atoms with Crippen LogP contribution in [0.25, 0.3) is 0 Å². The van der Waals surface area contributed by atoms with Crippen molar-refractivity contribution in [3.63, 3.8) is 0 Å². The third-order valence-corrected chi connectivity index (χ3v) is 8.29. The van der Waals surface area contributed by atoms with E-state index in [-0.39, 0.29) is 22.7 Å². The molecule has 5 rings (SSSR count). The molecule has 0 radical (unpaired) electrons. The zero-order chi connectivity index (χ0) is 16.9. The molecule has 4 aliphatic carbocycles. The molecule has 0 saturated heterocycles. The highest BCUT2D eigenvalue weighted by Gasteiger charge is 2.74. The highest BCUT2D eigenvalue weighted by molar-refractivity contribution is 5.51. The average molecular weight is 323 g/mol. The lowest BCUT2D eigenvalue weighted by atomic mass is 9.54. The van der Waals surface area contributed by atoms with Crippen LogP contribution in [0.1, 0.15) is 62.1 Å². The van der Waals surface area contributed by atoms with Crippen molar-refractivity contribution in [3.05, 3.63) is 28.8 Å². The number of aromatic hydroxyl groups is 1. The summed E-state index contributed by atoms with van der Waals surface area (Å²) in [4.78, 5) is 0. The minimum absolute atomic E-state index is 0.0747. The molecule has 4 aliphatic rings. The topological polar surface area (TPSA) is 64.2 Å². The van der Waals surface area contributed by atoms with Crippen LogP contribution in [0.3, 0.4) is 0 Å². The van der Waals surface area contributed by atoms with Crippen molar-refractivity contribution in [2.75, 3.05) is 0 Å². The Kier molecular flexibility index (Phi) is 2.68. The smallest absolute Gasteiger partial charge is 0.133 e. The number of nitriles is 1. The second kappa shape index (κ2) is 4.35. The normalized spacial score (nSPS) is 47.8. The first-order chi connectivity index (χ1) is 11.4. The summed E-state index contributed by atoms with van der Waals surface area (Å²) >= 11 is 0. The first kappa shape index (κ1) is 14.8. The fourth-order valence-corrected chi connectivity index (χ4v) is 7.07. The van der Waals surface area contributed by atoms with Gasteiger partial charge in [-0.05, 0) is 89.9 Å². The number of phenolic OH excluding ortho intramolecular Hbond substituents is 1. The number of benzene rings is 1.